The standard InChI is InChI=1S/C11H20N4O/c1-8-10(7-15(5)13-8)6-12-9(2)11(16)14(3)4/h7,9,12H,6H2,1-5H3/t9-/m1/s1. The number of hydrogen-bond acceptors (Lipinski definition) is 3. The summed E-state index contributed by atoms with van der Waals surface area (Å²) in [5, 5.41) is 7.44. The molecule has 5 heteroatoms. The maximum absolute atomic E-state index is 11.6. The van der Waals surface area contributed by atoms with Crippen LogP contribution in [0.4, 0.5) is 0 Å². The van der Waals surface area contributed by atoms with E-state index in [0.717, 1.165) is 11.3 Å². The normalized spacial score (nSPS) is 12.6. The molecule has 0 unspecified atom stereocenters. The van der Waals surface area contributed by atoms with E-state index in [1.54, 1.807) is 23.7 Å². The highest BCUT2D eigenvalue weighted by atomic mass is 16.2. The van der Waals surface area contributed by atoms with Crippen LogP contribution < -0.4 is 5.32 Å². The number of amides is 1. The smallest absolute Gasteiger partial charge is 0.238 e. The van der Waals surface area contributed by atoms with Crippen LogP contribution in [0.15, 0.2) is 6.20 Å². The van der Waals surface area contributed by atoms with E-state index in [1.165, 1.54) is 0 Å². The minimum absolute atomic E-state index is 0.0848. The second-order valence-electron chi connectivity index (χ2n) is 4.25. The molecule has 1 rings (SSSR count). The zero-order valence-corrected chi connectivity index (χ0v) is 10.6. The van der Waals surface area contributed by atoms with Crippen molar-refractivity contribution >= 4 is 5.91 Å². The van der Waals surface area contributed by atoms with E-state index < -0.39 is 0 Å². The summed E-state index contributed by atoms with van der Waals surface area (Å²) in [6.07, 6.45) is 1.97. The van der Waals surface area contributed by atoms with Crippen LogP contribution in [-0.4, -0.2) is 40.7 Å². The Labute approximate surface area is 96.4 Å². The van der Waals surface area contributed by atoms with Crippen LogP contribution in [0.3, 0.4) is 0 Å². The van der Waals surface area contributed by atoms with Crippen LogP contribution in [-0.2, 0) is 18.4 Å². The summed E-state index contributed by atoms with van der Waals surface area (Å²) in [6, 6.07) is -0.172. The number of nitrogens with one attached hydrogen (secondary N) is 1. The molecule has 1 amide bonds. The van der Waals surface area contributed by atoms with Crippen molar-refractivity contribution in [3.05, 3.63) is 17.5 Å². The van der Waals surface area contributed by atoms with Crippen molar-refractivity contribution in [1.29, 1.82) is 0 Å². The quantitative estimate of drug-likeness (QED) is 0.800. The number of aromatic nitrogens is 2. The predicted molar refractivity (Wildman–Crippen MR) is 62.9 cm³/mol. The van der Waals surface area contributed by atoms with Crippen LogP contribution in [0.1, 0.15) is 18.2 Å². The Bertz CT molecular complexity index is 370. The fourth-order valence-corrected chi connectivity index (χ4v) is 1.56. The molecule has 1 aromatic rings. The predicted octanol–water partition coefficient (Wildman–Crippen LogP) is 0.295. The molecule has 5 nitrogen and oxygen atoms in total. The first-order valence-electron chi connectivity index (χ1n) is 5.35. The lowest BCUT2D eigenvalue weighted by molar-refractivity contribution is -0.130. The van der Waals surface area contributed by atoms with Crippen molar-refractivity contribution in [2.45, 2.75) is 26.4 Å². The minimum atomic E-state index is -0.172. The van der Waals surface area contributed by atoms with Gasteiger partial charge in [-0.2, -0.15) is 5.10 Å². The molecule has 1 atom stereocenters. The van der Waals surface area contributed by atoms with Gasteiger partial charge in [0, 0.05) is 39.4 Å². The summed E-state index contributed by atoms with van der Waals surface area (Å²) < 4.78 is 1.78. The fourth-order valence-electron chi connectivity index (χ4n) is 1.56. The molecule has 0 spiro atoms. The van der Waals surface area contributed by atoms with Crippen molar-refractivity contribution in [3.8, 4) is 0 Å². The summed E-state index contributed by atoms with van der Waals surface area (Å²) in [4.78, 5) is 13.2. The molecule has 0 aliphatic rings. The Hall–Kier alpha value is -1.36. The maximum Gasteiger partial charge on any atom is 0.238 e. The van der Waals surface area contributed by atoms with Gasteiger partial charge in [0.1, 0.15) is 0 Å². The minimum Gasteiger partial charge on any atom is -0.347 e. The fraction of sp³-hybridized carbons (Fsp3) is 0.636. The van der Waals surface area contributed by atoms with Gasteiger partial charge in [0.2, 0.25) is 5.91 Å². The molecule has 1 aromatic heterocycles. The number of carbonyl (C=O) groups is 1. The number of carbonyl (C=O) groups excluding carboxylic acids is 1. The van der Waals surface area contributed by atoms with Gasteiger partial charge < -0.3 is 10.2 Å². The van der Waals surface area contributed by atoms with Gasteiger partial charge in [0.25, 0.3) is 0 Å². The van der Waals surface area contributed by atoms with Gasteiger partial charge in [-0.15, -0.1) is 0 Å². The van der Waals surface area contributed by atoms with Crippen molar-refractivity contribution in [2.75, 3.05) is 14.1 Å². The van der Waals surface area contributed by atoms with Crippen molar-refractivity contribution in [1.82, 2.24) is 20.0 Å². The summed E-state index contributed by atoms with van der Waals surface area (Å²) >= 11 is 0. The molecule has 0 fully saturated rings. The van der Waals surface area contributed by atoms with Gasteiger partial charge >= 0.3 is 0 Å². The Morgan fingerprint density at radius 2 is 2.25 bits per heavy atom. The number of likely N-dealkylation sites (N-methyl/N-ethyl adjacent to an activating group) is 1. The van der Waals surface area contributed by atoms with Gasteiger partial charge in [0.05, 0.1) is 11.7 Å². The molecule has 1 N–H and O–H groups in total. The molecule has 0 radical (unpaired) electrons. The summed E-state index contributed by atoms with van der Waals surface area (Å²) in [5.41, 5.74) is 2.13. The number of rotatable bonds is 4. The third kappa shape index (κ3) is 3.06. The van der Waals surface area contributed by atoms with E-state index in [4.69, 9.17) is 0 Å². The third-order valence-electron chi connectivity index (χ3n) is 2.53. The average Bonchev–Trinajstić information content (AvgIpc) is 2.52. The van der Waals surface area contributed by atoms with Gasteiger partial charge in [-0.25, -0.2) is 0 Å². The van der Waals surface area contributed by atoms with Gasteiger partial charge in [-0.3, -0.25) is 9.48 Å². The summed E-state index contributed by atoms with van der Waals surface area (Å²) in [7, 11) is 5.41. The highest BCUT2D eigenvalue weighted by molar-refractivity contribution is 5.80. The lowest BCUT2D eigenvalue weighted by atomic mass is 10.2. The molecule has 0 saturated carbocycles. The number of hydrogen-bond donors (Lipinski definition) is 1. The summed E-state index contributed by atoms with van der Waals surface area (Å²) in [5.74, 6) is 0.0848. The van der Waals surface area contributed by atoms with E-state index in [2.05, 4.69) is 10.4 Å². The van der Waals surface area contributed by atoms with Gasteiger partial charge in [0.15, 0.2) is 0 Å². The zero-order valence-electron chi connectivity index (χ0n) is 10.6. The summed E-state index contributed by atoms with van der Waals surface area (Å²) in [6.45, 7) is 4.50. The lowest BCUT2D eigenvalue weighted by Crippen LogP contribution is -2.41. The van der Waals surface area contributed by atoms with Crippen molar-refractivity contribution in [2.24, 2.45) is 7.05 Å². The first-order valence-corrected chi connectivity index (χ1v) is 5.35. The highest BCUT2D eigenvalue weighted by Gasteiger charge is 2.14. The second kappa shape index (κ2) is 5.12. The van der Waals surface area contributed by atoms with E-state index in [9.17, 15) is 4.79 Å². The average molecular weight is 224 g/mol. The molecule has 90 valence electrons. The van der Waals surface area contributed by atoms with Crippen LogP contribution in [0.2, 0.25) is 0 Å². The topological polar surface area (TPSA) is 50.2 Å². The monoisotopic (exact) mass is 224 g/mol. The van der Waals surface area contributed by atoms with Gasteiger partial charge in [-0.05, 0) is 13.8 Å². The third-order valence-corrected chi connectivity index (χ3v) is 2.53. The van der Waals surface area contributed by atoms with Crippen LogP contribution in [0.25, 0.3) is 0 Å². The molecule has 0 aliphatic heterocycles. The van der Waals surface area contributed by atoms with Gasteiger partial charge in [-0.1, -0.05) is 0 Å². The highest BCUT2D eigenvalue weighted by Crippen LogP contribution is 2.04. The van der Waals surface area contributed by atoms with E-state index in [1.807, 2.05) is 27.1 Å². The molecule has 0 aliphatic carbocycles. The molecule has 16 heavy (non-hydrogen) atoms. The molecular weight excluding hydrogens is 204 g/mol. The van der Waals surface area contributed by atoms with Crippen molar-refractivity contribution in [3.63, 3.8) is 0 Å². The van der Waals surface area contributed by atoms with Crippen LogP contribution >= 0.6 is 0 Å². The first-order chi connectivity index (χ1) is 7.41. The second-order valence-corrected chi connectivity index (χ2v) is 4.25. The van der Waals surface area contributed by atoms with Crippen LogP contribution in [0.5, 0.6) is 0 Å². The van der Waals surface area contributed by atoms with Crippen molar-refractivity contribution < 1.29 is 4.79 Å². The Morgan fingerprint density at radius 1 is 1.62 bits per heavy atom. The number of aryl methyl sites for hydroxylation is 2. The zero-order chi connectivity index (χ0) is 12.3. The van der Waals surface area contributed by atoms with E-state index in [0.29, 0.717) is 6.54 Å². The molecular formula is C11H20N4O. The largest absolute Gasteiger partial charge is 0.347 e. The number of nitrogens with zero attached hydrogens (tertiary/aromatic N) is 3. The maximum atomic E-state index is 11.6. The Balaban J connectivity index is 2.52. The molecule has 0 bridgehead atoms. The van der Waals surface area contributed by atoms with Crippen LogP contribution in [0, 0.1) is 6.92 Å². The Morgan fingerprint density at radius 3 is 2.69 bits per heavy atom. The molecule has 0 aromatic carbocycles. The first kappa shape index (κ1) is 12.7. The van der Waals surface area contributed by atoms with E-state index >= 15 is 0 Å². The van der Waals surface area contributed by atoms with E-state index in [-0.39, 0.29) is 11.9 Å². The molecule has 0 saturated heterocycles. The molecule has 1 heterocycles. The SMILES string of the molecule is Cc1nn(C)cc1CN[C@H](C)C(=O)N(C)C. The Kier molecular flexibility index (Phi) is 4.06. The lowest BCUT2D eigenvalue weighted by Gasteiger charge is -2.17.